The van der Waals surface area contributed by atoms with E-state index in [0.29, 0.717) is 0 Å². The number of hydrogen-bond acceptors (Lipinski definition) is 3. The van der Waals surface area contributed by atoms with E-state index in [0.717, 1.165) is 12.2 Å². The smallest absolute Gasteiger partial charge is 0.385 e. The molecule has 0 radical (unpaired) electrons. The highest BCUT2D eigenvalue weighted by Crippen LogP contribution is 2.24. The Kier molecular flexibility index (Phi) is 5.14. The number of carbonyl (C=O) groups is 2. The van der Waals surface area contributed by atoms with Crippen LogP contribution in [0.2, 0.25) is 0 Å². The van der Waals surface area contributed by atoms with E-state index in [-0.39, 0.29) is 6.61 Å². The van der Waals surface area contributed by atoms with Crippen molar-refractivity contribution in [2.75, 3.05) is 6.61 Å². The standard InChI is InChI=1S/C9H9ClF2O3/c1-3-5-6(8(14)15-4-2)7(13)9(10,11)12/h3,5H,1,4H2,2H3/b6-5+. The summed E-state index contributed by atoms with van der Waals surface area (Å²) < 4.78 is 29.3. The van der Waals surface area contributed by atoms with E-state index in [4.69, 9.17) is 0 Å². The number of halogens is 3. The first-order valence-corrected chi connectivity index (χ1v) is 4.33. The Morgan fingerprint density at radius 3 is 2.40 bits per heavy atom. The van der Waals surface area contributed by atoms with Gasteiger partial charge in [0.25, 0.3) is 5.78 Å². The van der Waals surface area contributed by atoms with Gasteiger partial charge >= 0.3 is 11.4 Å². The molecule has 0 aliphatic rings. The summed E-state index contributed by atoms with van der Waals surface area (Å²) in [6, 6.07) is 0. The summed E-state index contributed by atoms with van der Waals surface area (Å²) in [7, 11) is 0. The number of esters is 1. The lowest BCUT2D eigenvalue weighted by atomic mass is 10.1. The van der Waals surface area contributed by atoms with Gasteiger partial charge in [-0.1, -0.05) is 12.7 Å². The van der Waals surface area contributed by atoms with Crippen molar-refractivity contribution in [3.05, 3.63) is 24.3 Å². The average Bonchev–Trinajstić information content (AvgIpc) is 2.12. The minimum Gasteiger partial charge on any atom is -0.462 e. The normalized spacial score (nSPS) is 12.1. The van der Waals surface area contributed by atoms with Gasteiger partial charge in [-0.15, -0.1) is 0 Å². The average molecular weight is 239 g/mol. The zero-order chi connectivity index (χ0) is 12.1. The molecule has 0 saturated carbocycles. The molecule has 0 bridgehead atoms. The van der Waals surface area contributed by atoms with Crippen LogP contribution in [0.5, 0.6) is 0 Å². The molecule has 3 nitrogen and oxygen atoms in total. The van der Waals surface area contributed by atoms with E-state index in [9.17, 15) is 18.4 Å². The topological polar surface area (TPSA) is 43.4 Å². The molecule has 0 aliphatic heterocycles. The summed E-state index contributed by atoms with van der Waals surface area (Å²) in [5, 5.41) is -4.12. The third-order valence-electron chi connectivity index (χ3n) is 1.28. The van der Waals surface area contributed by atoms with Crippen molar-refractivity contribution >= 4 is 23.4 Å². The molecule has 6 heteroatoms. The largest absolute Gasteiger partial charge is 0.462 e. The first-order chi connectivity index (χ1) is 6.84. The van der Waals surface area contributed by atoms with Crippen LogP contribution in [0.25, 0.3) is 0 Å². The molecule has 0 aromatic rings. The van der Waals surface area contributed by atoms with Crippen LogP contribution in [-0.2, 0) is 14.3 Å². The maximum absolute atomic E-state index is 12.4. The SMILES string of the molecule is C=C/C=C(/C(=O)OCC)C(=O)C(F)(F)Cl. The molecule has 0 saturated heterocycles. The van der Waals surface area contributed by atoms with Crippen LogP contribution in [0.3, 0.4) is 0 Å². The van der Waals surface area contributed by atoms with Crippen molar-refractivity contribution < 1.29 is 23.1 Å². The molecule has 15 heavy (non-hydrogen) atoms. The van der Waals surface area contributed by atoms with E-state index in [1.54, 1.807) is 0 Å². The Morgan fingerprint density at radius 2 is 2.07 bits per heavy atom. The summed E-state index contributed by atoms with van der Waals surface area (Å²) in [4.78, 5) is 22.0. The van der Waals surface area contributed by atoms with Crippen LogP contribution in [-0.4, -0.2) is 23.7 Å². The van der Waals surface area contributed by atoms with E-state index in [1.165, 1.54) is 6.92 Å². The number of hydrogen-bond donors (Lipinski definition) is 0. The monoisotopic (exact) mass is 238 g/mol. The zero-order valence-corrected chi connectivity index (χ0v) is 8.68. The predicted octanol–water partition coefficient (Wildman–Crippen LogP) is 2.06. The Morgan fingerprint density at radius 1 is 1.53 bits per heavy atom. The van der Waals surface area contributed by atoms with Gasteiger partial charge in [-0.05, 0) is 24.6 Å². The number of ether oxygens (including phenoxy) is 1. The highest BCUT2D eigenvalue weighted by atomic mass is 35.5. The number of rotatable bonds is 5. The molecular weight excluding hydrogens is 230 g/mol. The van der Waals surface area contributed by atoms with Gasteiger partial charge in [0, 0.05) is 0 Å². The zero-order valence-electron chi connectivity index (χ0n) is 7.93. The van der Waals surface area contributed by atoms with Crippen LogP contribution < -0.4 is 0 Å². The van der Waals surface area contributed by atoms with Crippen LogP contribution in [0, 0.1) is 0 Å². The minimum atomic E-state index is -4.12. The third-order valence-corrected chi connectivity index (χ3v) is 1.45. The molecule has 0 aromatic heterocycles. The molecule has 0 spiro atoms. The second kappa shape index (κ2) is 5.60. The van der Waals surface area contributed by atoms with Crippen LogP contribution in [0.1, 0.15) is 6.92 Å². The lowest BCUT2D eigenvalue weighted by Crippen LogP contribution is -2.28. The van der Waals surface area contributed by atoms with Crippen LogP contribution in [0.15, 0.2) is 24.3 Å². The van der Waals surface area contributed by atoms with Gasteiger partial charge in [0.1, 0.15) is 5.57 Å². The minimum absolute atomic E-state index is 0.0333. The number of alkyl halides is 3. The van der Waals surface area contributed by atoms with Crippen molar-refractivity contribution in [1.29, 1.82) is 0 Å². The first-order valence-electron chi connectivity index (χ1n) is 3.96. The second-order valence-electron chi connectivity index (χ2n) is 2.36. The molecule has 0 aromatic carbocycles. The van der Waals surface area contributed by atoms with Gasteiger partial charge in [0.2, 0.25) is 0 Å². The number of allylic oxidation sites excluding steroid dienone is 2. The van der Waals surface area contributed by atoms with Gasteiger partial charge in [-0.25, -0.2) is 4.79 Å². The van der Waals surface area contributed by atoms with Gasteiger partial charge in [0.15, 0.2) is 0 Å². The van der Waals surface area contributed by atoms with Crippen LogP contribution in [0.4, 0.5) is 8.78 Å². The van der Waals surface area contributed by atoms with Crippen LogP contribution >= 0.6 is 11.6 Å². The van der Waals surface area contributed by atoms with E-state index < -0.39 is 22.7 Å². The number of Topliss-reactive ketones (excluding diaryl/α,β-unsaturated/α-hetero) is 1. The molecule has 0 rings (SSSR count). The number of carbonyl (C=O) groups excluding carboxylic acids is 2. The summed E-state index contributed by atoms with van der Waals surface area (Å²) in [6.07, 6.45) is 1.85. The Labute approximate surface area is 90.4 Å². The summed E-state index contributed by atoms with van der Waals surface area (Å²) in [6.45, 7) is 4.63. The van der Waals surface area contributed by atoms with Crippen molar-refractivity contribution in [3.8, 4) is 0 Å². The first kappa shape index (κ1) is 13.8. The van der Waals surface area contributed by atoms with Crippen molar-refractivity contribution in [1.82, 2.24) is 0 Å². The molecule has 0 amide bonds. The fraction of sp³-hybridized carbons (Fsp3) is 0.333. The van der Waals surface area contributed by atoms with Crippen molar-refractivity contribution in [2.24, 2.45) is 0 Å². The van der Waals surface area contributed by atoms with E-state index in [2.05, 4.69) is 22.9 Å². The Hall–Kier alpha value is -1.23. The van der Waals surface area contributed by atoms with Gasteiger partial charge in [-0.2, -0.15) is 8.78 Å². The molecular formula is C9H9ClF2O3. The highest BCUT2D eigenvalue weighted by molar-refractivity contribution is 6.38. The van der Waals surface area contributed by atoms with Crippen molar-refractivity contribution in [3.63, 3.8) is 0 Å². The van der Waals surface area contributed by atoms with Gasteiger partial charge in [-0.3, -0.25) is 4.79 Å². The fourth-order valence-electron chi connectivity index (χ4n) is 0.716. The predicted molar refractivity (Wildman–Crippen MR) is 50.7 cm³/mol. The number of ketones is 1. The lowest BCUT2D eigenvalue weighted by molar-refractivity contribution is -0.142. The Bertz CT molecular complexity index is 305. The lowest BCUT2D eigenvalue weighted by Gasteiger charge is -2.08. The maximum Gasteiger partial charge on any atom is 0.385 e. The van der Waals surface area contributed by atoms with Gasteiger partial charge in [0.05, 0.1) is 6.61 Å². The molecule has 0 N–H and O–H groups in total. The summed E-state index contributed by atoms with van der Waals surface area (Å²) >= 11 is 4.49. The third kappa shape index (κ3) is 4.20. The van der Waals surface area contributed by atoms with Crippen molar-refractivity contribution in [2.45, 2.75) is 12.3 Å². The highest BCUT2D eigenvalue weighted by Gasteiger charge is 2.40. The molecule has 0 atom stereocenters. The molecule has 84 valence electrons. The Balaban J connectivity index is 5.01. The second-order valence-corrected chi connectivity index (χ2v) is 2.84. The molecule has 0 fully saturated rings. The quantitative estimate of drug-likeness (QED) is 0.184. The molecule has 0 heterocycles. The summed E-state index contributed by atoms with van der Waals surface area (Å²) in [5.74, 6) is -2.95. The summed E-state index contributed by atoms with van der Waals surface area (Å²) in [5.41, 5.74) is -0.827. The van der Waals surface area contributed by atoms with Gasteiger partial charge < -0.3 is 4.74 Å². The van der Waals surface area contributed by atoms with E-state index in [1.807, 2.05) is 0 Å². The van der Waals surface area contributed by atoms with E-state index >= 15 is 0 Å². The molecule has 0 aliphatic carbocycles. The molecule has 0 unspecified atom stereocenters. The fourth-order valence-corrected chi connectivity index (χ4v) is 0.818. The maximum atomic E-state index is 12.4.